The van der Waals surface area contributed by atoms with Crippen LogP contribution in [0.25, 0.3) is 0 Å². The lowest BCUT2D eigenvalue weighted by Gasteiger charge is -2.12. The number of nitrogens with one attached hydrogen (secondary N) is 3. The molecule has 0 aromatic heterocycles. The Labute approximate surface area is 167 Å². The lowest BCUT2D eigenvalue weighted by Crippen LogP contribution is -2.28. The van der Waals surface area contributed by atoms with Crippen LogP contribution in [0.15, 0.2) is 53.4 Å². The van der Waals surface area contributed by atoms with Gasteiger partial charge in [-0.3, -0.25) is 4.79 Å². The molecule has 27 heavy (non-hydrogen) atoms. The molecule has 0 fully saturated rings. The van der Waals surface area contributed by atoms with Gasteiger partial charge in [-0.1, -0.05) is 36.4 Å². The zero-order valence-corrected chi connectivity index (χ0v) is 17.1. The molecule has 0 spiro atoms. The Hall–Kier alpha value is -1.93. The zero-order chi connectivity index (χ0) is 19.0. The Morgan fingerprint density at radius 1 is 1.04 bits per heavy atom. The van der Waals surface area contributed by atoms with Crippen molar-refractivity contribution in [3.05, 3.63) is 65.2 Å². The maximum absolute atomic E-state index is 12.6. The van der Waals surface area contributed by atoms with Crippen molar-refractivity contribution in [2.75, 3.05) is 20.1 Å². The molecular weight excluding hydrogens is 386 g/mol. The van der Waals surface area contributed by atoms with Gasteiger partial charge < -0.3 is 10.6 Å². The van der Waals surface area contributed by atoms with Gasteiger partial charge in [0.15, 0.2) is 0 Å². The lowest BCUT2D eigenvalue weighted by molar-refractivity contribution is 0.0953. The van der Waals surface area contributed by atoms with Crippen LogP contribution in [0.3, 0.4) is 0 Å². The van der Waals surface area contributed by atoms with Crippen molar-refractivity contribution in [1.82, 2.24) is 15.4 Å². The van der Waals surface area contributed by atoms with Crippen LogP contribution in [-0.2, 0) is 16.6 Å². The summed E-state index contributed by atoms with van der Waals surface area (Å²) in [5, 5.41) is 5.80. The quantitative estimate of drug-likeness (QED) is 0.552. The zero-order valence-electron chi connectivity index (χ0n) is 15.5. The predicted octanol–water partition coefficient (Wildman–Crippen LogP) is 2.23. The molecule has 0 heterocycles. The predicted molar refractivity (Wildman–Crippen MR) is 110 cm³/mol. The first kappa shape index (κ1) is 23.1. The third-order valence-electron chi connectivity index (χ3n) is 3.94. The summed E-state index contributed by atoms with van der Waals surface area (Å²) in [4.78, 5) is 12.4. The molecule has 6 nitrogen and oxygen atoms in total. The molecular formula is C19H26ClN3O3S. The minimum Gasteiger partial charge on any atom is -0.352 e. The van der Waals surface area contributed by atoms with E-state index in [1.807, 2.05) is 37.4 Å². The molecule has 0 atom stereocenters. The second-order valence-corrected chi connectivity index (χ2v) is 7.74. The largest absolute Gasteiger partial charge is 0.352 e. The van der Waals surface area contributed by atoms with Gasteiger partial charge in [-0.25, -0.2) is 13.1 Å². The third-order valence-corrected chi connectivity index (χ3v) is 5.48. The molecule has 8 heteroatoms. The maximum atomic E-state index is 12.6. The number of amides is 1. The highest BCUT2D eigenvalue weighted by molar-refractivity contribution is 7.89. The smallest absolute Gasteiger partial charge is 0.251 e. The van der Waals surface area contributed by atoms with Crippen LogP contribution in [-0.4, -0.2) is 34.5 Å². The number of carbonyl (C=O) groups is 1. The fourth-order valence-corrected chi connectivity index (χ4v) is 3.74. The van der Waals surface area contributed by atoms with E-state index in [0.29, 0.717) is 17.7 Å². The number of sulfonamides is 1. The summed E-state index contributed by atoms with van der Waals surface area (Å²) >= 11 is 0. The molecule has 0 saturated heterocycles. The lowest BCUT2D eigenvalue weighted by atomic mass is 10.1. The van der Waals surface area contributed by atoms with Crippen molar-refractivity contribution in [2.45, 2.75) is 24.8 Å². The molecule has 3 N–H and O–H groups in total. The van der Waals surface area contributed by atoms with Crippen LogP contribution in [0.4, 0.5) is 0 Å². The van der Waals surface area contributed by atoms with Crippen molar-refractivity contribution in [1.29, 1.82) is 0 Å². The molecule has 0 bridgehead atoms. The van der Waals surface area contributed by atoms with E-state index in [1.54, 1.807) is 19.1 Å². The second kappa shape index (κ2) is 11.0. The van der Waals surface area contributed by atoms with E-state index in [4.69, 9.17) is 0 Å². The van der Waals surface area contributed by atoms with Gasteiger partial charge in [0.05, 0.1) is 4.90 Å². The average Bonchev–Trinajstić information content (AvgIpc) is 2.64. The highest BCUT2D eigenvalue weighted by Gasteiger charge is 2.19. The Bertz CT molecular complexity index is 843. The molecule has 0 aliphatic carbocycles. The first-order valence-corrected chi connectivity index (χ1v) is 9.99. The summed E-state index contributed by atoms with van der Waals surface area (Å²) in [5.74, 6) is -0.277. The topological polar surface area (TPSA) is 87.3 Å². The van der Waals surface area contributed by atoms with Crippen molar-refractivity contribution in [3.63, 3.8) is 0 Å². The first-order valence-electron chi connectivity index (χ1n) is 8.51. The molecule has 0 saturated carbocycles. The number of rotatable bonds is 9. The fraction of sp³-hybridized carbons (Fsp3) is 0.316. The van der Waals surface area contributed by atoms with Gasteiger partial charge in [-0.15, -0.1) is 12.4 Å². The van der Waals surface area contributed by atoms with Crippen molar-refractivity contribution in [3.8, 4) is 0 Å². The molecule has 0 radical (unpaired) electrons. The summed E-state index contributed by atoms with van der Waals surface area (Å²) in [6.45, 7) is 3.24. The normalized spacial score (nSPS) is 10.9. The average molecular weight is 412 g/mol. The van der Waals surface area contributed by atoms with Gasteiger partial charge in [-0.2, -0.15) is 0 Å². The molecule has 2 rings (SSSR count). The highest BCUT2D eigenvalue weighted by Crippen LogP contribution is 2.17. The molecule has 1 amide bonds. The first-order chi connectivity index (χ1) is 12.4. The standard InChI is InChI=1S/C19H25N3O3S.ClH/c1-15-9-10-17(19(23)21-12-6-11-20-2)13-18(15)26(24,25)22-14-16-7-4-3-5-8-16;/h3-5,7-10,13,20,22H,6,11-12,14H2,1-2H3,(H,21,23);1H. The van der Waals surface area contributed by atoms with Crippen molar-refractivity contribution >= 4 is 28.3 Å². The van der Waals surface area contributed by atoms with Gasteiger partial charge >= 0.3 is 0 Å². The van der Waals surface area contributed by atoms with E-state index >= 15 is 0 Å². The Morgan fingerprint density at radius 3 is 2.41 bits per heavy atom. The van der Waals surface area contributed by atoms with E-state index in [1.165, 1.54) is 6.07 Å². The summed E-state index contributed by atoms with van der Waals surface area (Å²) in [6, 6.07) is 14.0. The monoisotopic (exact) mass is 411 g/mol. The van der Waals surface area contributed by atoms with Gasteiger partial charge in [0.25, 0.3) is 5.91 Å². The number of hydrogen-bond donors (Lipinski definition) is 3. The summed E-state index contributed by atoms with van der Waals surface area (Å²) < 4.78 is 27.9. The molecule has 148 valence electrons. The van der Waals surface area contributed by atoms with Crippen LogP contribution in [0, 0.1) is 6.92 Å². The second-order valence-electron chi connectivity index (χ2n) is 6.00. The molecule has 2 aromatic carbocycles. The minimum atomic E-state index is -3.71. The minimum absolute atomic E-state index is 0. The fourth-order valence-electron chi connectivity index (χ4n) is 2.45. The van der Waals surface area contributed by atoms with Crippen LogP contribution >= 0.6 is 12.4 Å². The molecule has 0 aliphatic heterocycles. The van der Waals surface area contributed by atoms with Crippen LogP contribution < -0.4 is 15.4 Å². The van der Waals surface area contributed by atoms with Crippen molar-refractivity contribution in [2.24, 2.45) is 0 Å². The molecule has 0 aliphatic rings. The summed E-state index contributed by atoms with van der Waals surface area (Å²) in [5.41, 5.74) is 1.80. The van der Waals surface area contributed by atoms with Gasteiger partial charge in [0, 0.05) is 18.7 Å². The van der Waals surface area contributed by atoms with Gasteiger partial charge in [-0.05, 0) is 50.2 Å². The molecule has 2 aromatic rings. The maximum Gasteiger partial charge on any atom is 0.251 e. The molecule has 0 unspecified atom stereocenters. The van der Waals surface area contributed by atoms with E-state index in [-0.39, 0.29) is 29.8 Å². The van der Waals surface area contributed by atoms with Gasteiger partial charge in [0.1, 0.15) is 0 Å². The van der Waals surface area contributed by atoms with Crippen LogP contribution in [0.1, 0.15) is 27.9 Å². The number of aryl methyl sites for hydroxylation is 1. The van der Waals surface area contributed by atoms with E-state index in [2.05, 4.69) is 15.4 Å². The van der Waals surface area contributed by atoms with Crippen LogP contribution in [0.2, 0.25) is 0 Å². The van der Waals surface area contributed by atoms with E-state index in [0.717, 1.165) is 18.5 Å². The highest BCUT2D eigenvalue weighted by atomic mass is 35.5. The summed E-state index contributed by atoms with van der Waals surface area (Å²) in [7, 11) is -1.87. The van der Waals surface area contributed by atoms with Crippen LogP contribution in [0.5, 0.6) is 0 Å². The number of benzene rings is 2. The number of carbonyl (C=O) groups excluding carboxylic acids is 1. The van der Waals surface area contributed by atoms with E-state index in [9.17, 15) is 13.2 Å². The Morgan fingerprint density at radius 2 is 1.74 bits per heavy atom. The number of hydrogen-bond acceptors (Lipinski definition) is 4. The SMILES string of the molecule is CNCCCNC(=O)c1ccc(C)c(S(=O)(=O)NCc2ccccc2)c1.Cl. The Kier molecular flexibility index (Phi) is 9.45. The third kappa shape index (κ3) is 6.95. The number of halogens is 1. The Balaban J connectivity index is 0.00000364. The summed E-state index contributed by atoms with van der Waals surface area (Å²) in [6.07, 6.45) is 0.803. The van der Waals surface area contributed by atoms with Crippen molar-refractivity contribution < 1.29 is 13.2 Å². The van der Waals surface area contributed by atoms with Gasteiger partial charge in [0.2, 0.25) is 10.0 Å². The van der Waals surface area contributed by atoms with E-state index < -0.39 is 10.0 Å².